The van der Waals surface area contributed by atoms with Gasteiger partial charge in [0.2, 0.25) is 0 Å². The zero-order valence-corrected chi connectivity index (χ0v) is 16.7. The van der Waals surface area contributed by atoms with E-state index in [0.29, 0.717) is 12.1 Å². The Hall–Kier alpha value is -2.10. The van der Waals surface area contributed by atoms with Crippen LogP contribution < -0.4 is 11.1 Å². The highest BCUT2D eigenvalue weighted by molar-refractivity contribution is 5.35. The van der Waals surface area contributed by atoms with E-state index in [1.807, 2.05) is 30.3 Å². The normalized spacial score (nSPS) is 18.0. The van der Waals surface area contributed by atoms with Crippen LogP contribution in [0.25, 0.3) is 0 Å². The van der Waals surface area contributed by atoms with E-state index in [-0.39, 0.29) is 24.8 Å². The number of benzene rings is 2. The van der Waals surface area contributed by atoms with Gasteiger partial charge in [-0.15, -0.1) is 0 Å². The molecular weight excluding hydrogens is 422 g/mol. The molecule has 0 bridgehead atoms. The van der Waals surface area contributed by atoms with Gasteiger partial charge in [-0.3, -0.25) is 0 Å². The fraction of sp³-hybridized carbons (Fsp3) is 0.455. The van der Waals surface area contributed by atoms with E-state index < -0.39 is 35.0 Å². The van der Waals surface area contributed by atoms with Crippen molar-refractivity contribution in [2.24, 2.45) is 5.73 Å². The lowest BCUT2D eigenvalue weighted by molar-refractivity contribution is -0.143. The molecule has 9 heteroatoms. The second-order valence-corrected chi connectivity index (χ2v) is 7.77. The first-order valence-electron chi connectivity index (χ1n) is 9.92. The third-order valence-corrected chi connectivity index (χ3v) is 5.70. The van der Waals surface area contributed by atoms with E-state index >= 15 is 0 Å². The maximum absolute atomic E-state index is 13.2. The minimum atomic E-state index is -4.92. The molecule has 0 amide bonds. The lowest BCUT2D eigenvalue weighted by atomic mass is 9.74. The summed E-state index contributed by atoms with van der Waals surface area (Å²) in [6, 6.07) is 11.0. The van der Waals surface area contributed by atoms with Crippen molar-refractivity contribution in [3.63, 3.8) is 0 Å². The molecule has 0 spiro atoms. The van der Waals surface area contributed by atoms with Crippen molar-refractivity contribution < 1.29 is 31.1 Å². The second kappa shape index (κ2) is 9.18. The van der Waals surface area contributed by atoms with Crippen LogP contribution >= 0.6 is 0 Å². The molecule has 1 saturated heterocycles. The van der Waals surface area contributed by atoms with E-state index in [0.717, 1.165) is 31.5 Å². The number of ether oxygens (including phenoxy) is 1. The van der Waals surface area contributed by atoms with E-state index in [1.54, 1.807) is 0 Å². The van der Waals surface area contributed by atoms with Gasteiger partial charge in [0.1, 0.15) is 0 Å². The van der Waals surface area contributed by atoms with Gasteiger partial charge in [0.25, 0.3) is 0 Å². The summed E-state index contributed by atoms with van der Waals surface area (Å²) < 4.78 is 85.2. The van der Waals surface area contributed by atoms with Crippen LogP contribution in [0.4, 0.5) is 26.3 Å². The number of hydrogen-bond acceptors (Lipinski definition) is 3. The third-order valence-electron chi connectivity index (χ3n) is 5.70. The Kier molecular flexibility index (Phi) is 6.98. The molecule has 170 valence electrons. The quantitative estimate of drug-likeness (QED) is 0.610. The summed E-state index contributed by atoms with van der Waals surface area (Å²) >= 11 is 0. The van der Waals surface area contributed by atoms with Gasteiger partial charge in [-0.1, -0.05) is 30.3 Å². The predicted molar refractivity (Wildman–Crippen MR) is 104 cm³/mol. The maximum Gasteiger partial charge on any atom is 0.416 e. The average Bonchev–Trinajstić information content (AvgIpc) is 2.74. The van der Waals surface area contributed by atoms with Crippen molar-refractivity contribution in [2.75, 3.05) is 26.2 Å². The van der Waals surface area contributed by atoms with Gasteiger partial charge in [-0.2, -0.15) is 26.3 Å². The molecule has 2 aromatic rings. The van der Waals surface area contributed by atoms with Gasteiger partial charge in [0.15, 0.2) is 0 Å². The van der Waals surface area contributed by atoms with Crippen LogP contribution in [-0.2, 0) is 22.5 Å². The molecule has 3 nitrogen and oxygen atoms in total. The SMILES string of the molecule is NCC(OCC1(c2ccccc2)CCNCC1)c1cc(C(F)(F)F)cc(C(F)(F)F)c1. The second-order valence-electron chi connectivity index (χ2n) is 7.77. The standard InChI is InChI=1S/C22H24F6N2O/c23-21(24,25)17-10-15(11-18(12-17)22(26,27)28)19(13-29)31-14-20(6-8-30-9-7-20)16-4-2-1-3-5-16/h1-5,10-12,19,30H,6-9,13-14,29H2. The Morgan fingerprint density at radius 3 is 1.94 bits per heavy atom. The lowest BCUT2D eigenvalue weighted by Crippen LogP contribution is -2.43. The van der Waals surface area contributed by atoms with Crippen LogP contribution in [0.2, 0.25) is 0 Å². The van der Waals surface area contributed by atoms with Crippen molar-refractivity contribution in [1.29, 1.82) is 0 Å². The fourth-order valence-corrected chi connectivity index (χ4v) is 3.94. The molecule has 1 aliphatic rings. The van der Waals surface area contributed by atoms with Crippen LogP contribution in [-0.4, -0.2) is 26.2 Å². The van der Waals surface area contributed by atoms with Crippen molar-refractivity contribution in [3.8, 4) is 0 Å². The van der Waals surface area contributed by atoms with E-state index in [2.05, 4.69) is 5.32 Å². The van der Waals surface area contributed by atoms with Crippen LogP contribution in [0.15, 0.2) is 48.5 Å². The topological polar surface area (TPSA) is 47.3 Å². The first-order chi connectivity index (χ1) is 14.5. The van der Waals surface area contributed by atoms with Crippen LogP contribution in [0.1, 0.15) is 41.2 Å². The molecule has 2 aromatic carbocycles. The number of alkyl halides is 6. The highest BCUT2D eigenvalue weighted by Crippen LogP contribution is 2.39. The number of piperidine rings is 1. The van der Waals surface area contributed by atoms with Crippen LogP contribution in [0, 0.1) is 0 Å². The molecule has 1 atom stereocenters. The average molecular weight is 446 g/mol. The molecule has 3 rings (SSSR count). The summed E-state index contributed by atoms with van der Waals surface area (Å²) in [4.78, 5) is 0. The zero-order valence-electron chi connectivity index (χ0n) is 16.7. The molecule has 0 radical (unpaired) electrons. The summed E-state index contributed by atoms with van der Waals surface area (Å²) in [7, 11) is 0. The van der Waals surface area contributed by atoms with Crippen molar-refractivity contribution in [1.82, 2.24) is 5.32 Å². The predicted octanol–water partition coefficient (Wildman–Crippen LogP) is 5.06. The molecular formula is C22H24F6N2O. The molecule has 0 aliphatic carbocycles. The van der Waals surface area contributed by atoms with Gasteiger partial charge in [0.05, 0.1) is 23.8 Å². The van der Waals surface area contributed by atoms with Crippen molar-refractivity contribution in [2.45, 2.75) is 36.7 Å². The van der Waals surface area contributed by atoms with Crippen LogP contribution in [0.5, 0.6) is 0 Å². The van der Waals surface area contributed by atoms with Crippen molar-refractivity contribution in [3.05, 3.63) is 70.8 Å². The summed E-state index contributed by atoms with van der Waals surface area (Å²) in [5.41, 5.74) is 3.36. The van der Waals surface area contributed by atoms with E-state index in [9.17, 15) is 26.3 Å². The Balaban J connectivity index is 1.91. The molecule has 0 saturated carbocycles. The van der Waals surface area contributed by atoms with Gasteiger partial charge in [-0.25, -0.2) is 0 Å². The molecule has 0 aromatic heterocycles. The number of nitrogens with one attached hydrogen (secondary N) is 1. The lowest BCUT2D eigenvalue weighted by Gasteiger charge is -2.39. The molecule has 31 heavy (non-hydrogen) atoms. The molecule has 1 fully saturated rings. The highest BCUT2D eigenvalue weighted by Gasteiger charge is 2.39. The molecule has 1 heterocycles. The first-order valence-corrected chi connectivity index (χ1v) is 9.92. The zero-order chi connectivity index (χ0) is 22.7. The van der Waals surface area contributed by atoms with E-state index in [1.165, 1.54) is 0 Å². The Labute approximate surface area is 176 Å². The minimum Gasteiger partial charge on any atom is -0.371 e. The van der Waals surface area contributed by atoms with Crippen molar-refractivity contribution >= 4 is 0 Å². The monoisotopic (exact) mass is 446 g/mol. The van der Waals surface area contributed by atoms with Crippen LogP contribution in [0.3, 0.4) is 0 Å². The van der Waals surface area contributed by atoms with Gasteiger partial charge in [-0.05, 0) is 55.3 Å². The molecule has 1 unspecified atom stereocenters. The Morgan fingerprint density at radius 1 is 0.903 bits per heavy atom. The highest BCUT2D eigenvalue weighted by atomic mass is 19.4. The first kappa shape index (κ1) is 23.6. The number of rotatable bonds is 6. The van der Waals surface area contributed by atoms with Gasteiger partial charge < -0.3 is 15.8 Å². The summed E-state index contributed by atoms with van der Waals surface area (Å²) in [6.45, 7) is 1.35. The summed E-state index contributed by atoms with van der Waals surface area (Å²) in [6.07, 6.45) is -9.49. The largest absolute Gasteiger partial charge is 0.416 e. The summed E-state index contributed by atoms with van der Waals surface area (Å²) in [5.74, 6) is 0. The number of halogens is 6. The number of hydrogen-bond donors (Lipinski definition) is 2. The summed E-state index contributed by atoms with van der Waals surface area (Å²) in [5, 5.41) is 3.26. The Morgan fingerprint density at radius 2 is 1.45 bits per heavy atom. The fourth-order valence-electron chi connectivity index (χ4n) is 3.94. The maximum atomic E-state index is 13.2. The smallest absolute Gasteiger partial charge is 0.371 e. The number of nitrogens with two attached hydrogens (primary N) is 1. The third kappa shape index (κ3) is 5.58. The van der Waals surface area contributed by atoms with E-state index in [4.69, 9.17) is 10.5 Å². The molecule has 3 N–H and O–H groups in total. The minimum absolute atomic E-state index is 0.106. The molecule has 1 aliphatic heterocycles. The van der Waals surface area contributed by atoms with Gasteiger partial charge in [0, 0.05) is 12.0 Å². The van der Waals surface area contributed by atoms with Gasteiger partial charge >= 0.3 is 12.4 Å². The Bertz CT molecular complexity index is 828.